The van der Waals surface area contributed by atoms with Crippen LogP contribution in [0.5, 0.6) is 0 Å². The van der Waals surface area contributed by atoms with Crippen LogP contribution >= 0.6 is 0 Å². The Morgan fingerprint density at radius 1 is 1.15 bits per heavy atom. The van der Waals surface area contributed by atoms with Crippen LogP contribution in [0.1, 0.15) is 37.7 Å². The number of nitrogens with two attached hydrogens (primary N) is 1. The standard InChI is InChI=1S/C16H22F2N2/c17-14-5-11(6-15(18)9-14)7-16(20-19)8-13-4-10-1-2-12(13)3-10/h5-6,9-10,12-13,16,20H,1-4,7-8,19H2. The van der Waals surface area contributed by atoms with Crippen LogP contribution in [0.2, 0.25) is 0 Å². The average molecular weight is 280 g/mol. The van der Waals surface area contributed by atoms with Crippen molar-refractivity contribution >= 4 is 0 Å². The summed E-state index contributed by atoms with van der Waals surface area (Å²) in [7, 11) is 0. The third kappa shape index (κ3) is 3.01. The highest BCUT2D eigenvalue weighted by molar-refractivity contribution is 5.19. The van der Waals surface area contributed by atoms with Crippen LogP contribution in [-0.4, -0.2) is 6.04 Å². The summed E-state index contributed by atoms with van der Waals surface area (Å²) in [6.07, 6.45) is 7.00. The molecule has 0 saturated heterocycles. The maximum atomic E-state index is 13.2. The van der Waals surface area contributed by atoms with Crippen molar-refractivity contribution in [3.8, 4) is 0 Å². The highest BCUT2D eigenvalue weighted by Gasteiger charge is 2.39. The van der Waals surface area contributed by atoms with E-state index in [0.29, 0.717) is 12.0 Å². The molecule has 0 aliphatic heterocycles. The van der Waals surface area contributed by atoms with Gasteiger partial charge in [-0.3, -0.25) is 11.3 Å². The van der Waals surface area contributed by atoms with Crippen LogP contribution in [0.15, 0.2) is 18.2 Å². The minimum absolute atomic E-state index is 0.0977. The first-order valence-corrected chi connectivity index (χ1v) is 7.55. The summed E-state index contributed by atoms with van der Waals surface area (Å²) in [6.45, 7) is 0. The van der Waals surface area contributed by atoms with Crippen molar-refractivity contribution in [1.29, 1.82) is 0 Å². The van der Waals surface area contributed by atoms with Gasteiger partial charge in [0.05, 0.1) is 0 Å². The molecular formula is C16H22F2N2. The molecule has 2 nitrogen and oxygen atoms in total. The second-order valence-electron chi connectivity index (χ2n) is 6.52. The van der Waals surface area contributed by atoms with E-state index in [9.17, 15) is 8.78 Å². The molecule has 1 aromatic carbocycles. The lowest BCUT2D eigenvalue weighted by atomic mass is 9.83. The summed E-state index contributed by atoms with van der Waals surface area (Å²) in [6, 6.07) is 3.80. The summed E-state index contributed by atoms with van der Waals surface area (Å²) in [4.78, 5) is 0. The van der Waals surface area contributed by atoms with E-state index in [-0.39, 0.29) is 6.04 Å². The second-order valence-corrected chi connectivity index (χ2v) is 6.52. The molecule has 1 aromatic rings. The average Bonchev–Trinajstić information content (AvgIpc) is 2.99. The van der Waals surface area contributed by atoms with Crippen molar-refractivity contribution in [2.75, 3.05) is 0 Å². The fourth-order valence-electron chi connectivity index (χ4n) is 4.25. The van der Waals surface area contributed by atoms with Crippen molar-refractivity contribution in [3.05, 3.63) is 35.4 Å². The molecule has 2 bridgehead atoms. The number of hydrazine groups is 1. The fourth-order valence-corrected chi connectivity index (χ4v) is 4.25. The van der Waals surface area contributed by atoms with Crippen LogP contribution < -0.4 is 11.3 Å². The van der Waals surface area contributed by atoms with E-state index in [0.717, 1.165) is 30.2 Å². The molecule has 4 heteroatoms. The summed E-state index contributed by atoms with van der Waals surface area (Å²) in [5.41, 5.74) is 3.51. The van der Waals surface area contributed by atoms with Crippen molar-refractivity contribution in [2.24, 2.45) is 23.6 Å². The molecule has 0 radical (unpaired) electrons. The van der Waals surface area contributed by atoms with Gasteiger partial charge in [-0.05, 0) is 67.6 Å². The molecule has 4 unspecified atom stereocenters. The fraction of sp³-hybridized carbons (Fsp3) is 0.625. The number of halogens is 2. The number of rotatable bonds is 5. The lowest BCUT2D eigenvalue weighted by Gasteiger charge is -2.26. The molecule has 110 valence electrons. The Morgan fingerprint density at radius 3 is 2.45 bits per heavy atom. The Labute approximate surface area is 118 Å². The van der Waals surface area contributed by atoms with Gasteiger partial charge < -0.3 is 0 Å². The molecule has 0 aromatic heterocycles. The predicted octanol–water partition coefficient (Wildman–Crippen LogP) is 3.17. The second kappa shape index (κ2) is 5.78. The van der Waals surface area contributed by atoms with Crippen LogP contribution in [0.25, 0.3) is 0 Å². The molecule has 20 heavy (non-hydrogen) atoms. The Kier molecular flexibility index (Phi) is 4.03. The maximum Gasteiger partial charge on any atom is 0.126 e. The molecule has 0 heterocycles. The smallest absolute Gasteiger partial charge is 0.126 e. The Bertz CT molecular complexity index is 457. The number of hydrogen-bond acceptors (Lipinski definition) is 2. The number of benzene rings is 1. The molecule has 2 aliphatic carbocycles. The molecule has 0 spiro atoms. The van der Waals surface area contributed by atoms with Gasteiger partial charge in [0.1, 0.15) is 11.6 Å². The van der Waals surface area contributed by atoms with Crippen LogP contribution in [0.4, 0.5) is 8.78 Å². The van der Waals surface area contributed by atoms with Gasteiger partial charge in [-0.15, -0.1) is 0 Å². The van der Waals surface area contributed by atoms with Crippen molar-refractivity contribution in [2.45, 2.75) is 44.6 Å². The van der Waals surface area contributed by atoms with Gasteiger partial charge in [-0.25, -0.2) is 8.78 Å². The van der Waals surface area contributed by atoms with E-state index in [2.05, 4.69) is 5.43 Å². The normalized spacial score (nSPS) is 29.9. The third-order valence-electron chi connectivity index (χ3n) is 5.11. The topological polar surface area (TPSA) is 38.0 Å². The molecule has 2 aliphatic rings. The first-order chi connectivity index (χ1) is 9.64. The van der Waals surface area contributed by atoms with Gasteiger partial charge in [0.2, 0.25) is 0 Å². The van der Waals surface area contributed by atoms with E-state index < -0.39 is 11.6 Å². The summed E-state index contributed by atoms with van der Waals surface area (Å²) in [5, 5.41) is 0. The monoisotopic (exact) mass is 280 g/mol. The molecule has 3 N–H and O–H groups in total. The molecule has 4 atom stereocenters. The molecule has 3 rings (SSSR count). The molecular weight excluding hydrogens is 258 g/mol. The maximum absolute atomic E-state index is 13.2. The van der Waals surface area contributed by atoms with E-state index >= 15 is 0 Å². The summed E-state index contributed by atoms with van der Waals surface area (Å²) in [5.74, 6) is 7.09. The van der Waals surface area contributed by atoms with Gasteiger partial charge >= 0.3 is 0 Å². The first-order valence-electron chi connectivity index (χ1n) is 7.55. The molecule has 2 saturated carbocycles. The van der Waals surface area contributed by atoms with Gasteiger partial charge in [0.25, 0.3) is 0 Å². The van der Waals surface area contributed by atoms with E-state index in [1.54, 1.807) is 0 Å². The number of nitrogens with one attached hydrogen (secondary N) is 1. The minimum Gasteiger partial charge on any atom is -0.271 e. The van der Waals surface area contributed by atoms with Crippen LogP contribution in [0, 0.1) is 29.4 Å². The zero-order valence-electron chi connectivity index (χ0n) is 11.6. The Hall–Kier alpha value is -1.00. The van der Waals surface area contributed by atoms with Crippen molar-refractivity contribution < 1.29 is 8.78 Å². The SMILES string of the molecule is NNC(Cc1cc(F)cc(F)c1)CC1CC2CCC1C2. The van der Waals surface area contributed by atoms with Gasteiger partial charge in [0.15, 0.2) is 0 Å². The first kappa shape index (κ1) is 14.0. The highest BCUT2D eigenvalue weighted by atomic mass is 19.1. The molecule has 2 fully saturated rings. The van der Waals surface area contributed by atoms with E-state index in [1.165, 1.54) is 37.8 Å². The highest BCUT2D eigenvalue weighted by Crippen LogP contribution is 2.49. The van der Waals surface area contributed by atoms with Crippen LogP contribution in [-0.2, 0) is 6.42 Å². The van der Waals surface area contributed by atoms with Gasteiger partial charge in [-0.2, -0.15) is 0 Å². The Balaban J connectivity index is 1.62. The van der Waals surface area contributed by atoms with Crippen molar-refractivity contribution in [3.63, 3.8) is 0 Å². The van der Waals surface area contributed by atoms with Crippen LogP contribution in [0.3, 0.4) is 0 Å². The largest absolute Gasteiger partial charge is 0.271 e. The van der Waals surface area contributed by atoms with E-state index in [4.69, 9.17) is 5.84 Å². The van der Waals surface area contributed by atoms with Crippen molar-refractivity contribution in [1.82, 2.24) is 5.43 Å². The zero-order chi connectivity index (χ0) is 14.1. The minimum atomic E-state index is -0.518. The molecule has 0 amide bonds. The number of fused-ring (bicyclic) bond motifs is 2. The zero-order valence-corrected chi connectivity index (χ0v) is 11.6. The lowest BCUT2D eigenvalue weighted by Crippen LogP contribution is -2.39. The van der Waals surface area contributed by atoms with E-state index in [1.807, 2.05) is 0 Å². The quantitative estimate of drug-likeness (QED) is 0.642. The lowest BCUT2D eigenvalue weighted by molar-refractivity contribution is 0.277. The summed E-state index contributed by atoms with van der Waals surface area (Å²) < 4.78 is 26.4. The van der Waals surface area contributed by atoms with Gasteiger partial charge in [-0.1, -0.05) is 6.42 Å². The van der Waals surface area contributed by atoms with Gasteiger partial charge in [0, 0.05) is 12.1 Å². The predicted molar refractivity (Wildman–Crippen MR) is 74.7 cm³/mol. The summed E-state index contributed by atoms with van der Waals surface area (Å²) >= 11 is 0. The Morgan fingerprint density at radius 2 is 1.90 bits per heavy atom. The number of hydrogen-bond donors (Lipinski definition) is 2. The third-order valence-corrected chi connectivity index (χ3v) is 5.11.